The van der Waals surface area contributed by atoms with Gasteiger partial charge in [-0.15, -0.1) is 11.3 Å². The average molecular weight is 231 g/mol. The molecule has 0 aliphatic heterocycles. The van der Waals surface area contributed by atoms with E-state index in [0.29, 0.717) is 24.0 Å². The van der Waals surface area contributed by atoms with Gasteiger partial charge >= 0.3 is 0 Å². The van der Waals surface area contributed by atoms with E-state index < -0.39 is 0 Å². The van der Waals surface area contributed by atoms with Crippen LogP contribution in [0.1, 0.15) is 18.4 Å². The maximum atomic E-state index is 11.8. The van der Waals surface area contributed by atoms with Crippen LogP contribution in [0.2, 0.25) is 0 Å². The van der Waals surface area contributed by atoms with E-state index in [1.807, 2.05) is 18.2 Å². The Labute approximate surface area is 98.3 Å². The molecule has 2 unspecified atom stereocenters. The van der Waals surface area contributed by atoms with Gasteiger partial charge in [-0.25, -0.2) is 4.98 Å². The molecule has 0 amide bonds. The molecule has 1 saturated carbocycles. The fraction of sp³-hybridized carbons (Fsp3) is 0.385. The van der Waals surface area contributed by atoms with Crippen molar-refractivity contribution in [3.05, 3.63) is 29.3 Å². The van der Waals surface area contributed by atoms with Crippen molar-refractivity contribution in [2.75, 3.05) is 0 Å². The van der Waals surface area contributed by atoms with E-state index in [4.69, 9.17) is 0 Å². The first kappa shape index (κ1) is 9.97. The molecule has 3 heteroatoms. The standard InChI is InChI=1S/C13H13NOS/c1-8-6-9(8)11(15)7-13-14-10-4-2-3-5-12(10)16-13/h2-5,8-9H,6-7H2,1H3. The van der Waals surface area contributed by atoms with Crippen LogP contribution in [-0.4, -0.2) is 10.8 Å². The minimum atomic E-state index is 0.312. The molecule has 1 aromatic carbocycles. The van der Waals surface area contributed by atoms with Crippen LogP contribution < -0.4 is 0 Å². The molecule has 16 heavy (non-hydrogen) atoms. The highest BCUT2D eigenvalue weighted by Gasteiger charge is 2.38. The van der Waals surface area contributed by atoms with Crippen molar-refractivity contribution in [2.45, 2.75) is 19.8 Å². The quantitative estimate of drug-likeness (QED) is 0.812. The van der Waals surface area contributed by atoms with Gasteiger partial charge in [0.2, 0.25) is 0 Å². The summed E-state index contributed by atoms with van der Waals surface area (Å²) >= 11 is 1.64. The molecule has 2 aromatic rings. The van der Waals surface area contributed by atoms with Gasteiger partial charge in [-0.1, -0.05) is 19.1 Å². The van der Waals surface area contributed by atoms with Crippen molar-refractivity contribution in [1.82, 2.24) is 4.98 Å². The zero-order chi connectivity index (χ0) is 11.1. The number of Topliss-reactive ketones (excluding diaryl/α,β-unsaturated/α-hetero) is 1. The molecule has 82 valence electrons. The highest BCUT2D eigenvalue weighted by Crippen LogP contribution is 2.39. The van der Waals surface area contributed by atoms with E-state index in [2.05, 4.69) is 18.0 Å². The zero-order valence-electron chi connectivity index (χ0n) is 9.14. The SMILES string of the molecule is CC1CC1C(=O)Cc1nc2ccccc2s1. The minimum absolute atomic E-state index is 0.312. The number of fused-ring (bicyclic) bond motifs is 1. The molecule has 0 radical (unpaired) electrons. The van der Waals surface area contributed by atoms with Gasteiger partial charge < -0.3 is 0 Å². The van der Waals surface area contributed by atoms with Crippen LogP contribution in [0.25, 0.3) is 10.2 Å². The van der Waals surface area contributed by atoms with E-state index in [9.17, 15) is 4.79 Å². The molecule has 3 rings (SSSR count). The van der Waals surface area contributed by atoms with Crippen LogP contribution in [0.15, 0.2) is 24.3 Å². The van der Waals surface area contributed by atoms with Crippen molar-refractivity contribution >= 4 is 27.3 Å². The fourth-order valence-corrected chi connectivity index (χ4v) is 3.02. The average Bonchev–Trinajstić information content (AvgIpc) is 2.87. The third-order valence-corrected chi connectivity index (χ3v) is 4.22. The summed E-state index contributed by atoms with van der Waals surface area (Å²) in [6, 6.07) is 8.05. The van der Waals surface area contributed by atoms with Gasteiger partial charge in [-0.05, 0) is 24.5 Å². The Kier molecular flexibility index (Phi) is 2.28. The third kappa shape index (κ3) is 1.76. The van der Waals surface area contributed by atoms with E-state index in [0.717, 1.165) is 16.9 Å². The number of para-hydroxylation sites is 1. The first-order valence-corrected chi connectivity index (χ1v) is 6.43. The molecule has 0 saturated heterocycles. The molecular weight excluding hydrogens is 218 g/mol. The molecular formula is C13H13NOS. The summed E-state index contributed by atoms with van der Waals surface area (Å²) < 4.78 is 1.18. The minimum Gasteiger partial charge on any atom is -0.299 e. The van der Waals surface area contributed by atoms with Gasteiger partial charge in [0.25, 0.3) is 0 Å². The van der Waals surface area contributed by atoms with Crippen LogP contribution in [0.3, 0.4) is 0 Å². The molecule has 1 heterocycles. The van der Waals surface area contributed by atoms with E-state index >= 15 is 0 Å². The second-order valence-electron chi connectivity index (χ2n) is 4.54. The lowest BCUT2D eigenvalue weighted by molar-refractivity contribution is -0.119. The summed E-state index contributed by atoms with van der Waals surface area (Å²) in [6.45, 7) is 2.14. The largest absolute Gasteiger partial charge is 0.299 e. The highest BCUT2D eigenvalue weighted by atomic mass is 32.1. The van der Waals surface area contributed by atoms with E-state index in [1.54, 1.807) is 11.3 Å². The normalized spacial score (nSPS) is 23.6. The lowest BCUT2D eigenvalue weighted by Crippen LogP contribution is -2.05. The number of nitrogens with zero attached hydrogens (tertiary/aromatic N) is 1. The van der Waals surface area contributed by atoms with Crippen LogP contribution in [0, 0.1) is 11.8 Å². The van der Waals surface area contributed by atoms with Gasteiger partial charge in [-0.2, -0.15) is 0 Å². The Balaban J connectivity index is 1.81. The third-order valence-electron chi connectivity index (χ3n) is 3.19. The number of hydrogen-bond donors (Lipinski definition) is 0. The van der Waals surface area contributed by atoms with Crippen molar-refractivity contribution in [3.8, 4) is 0 Å². The molecule has 2 atom stereocenters. The van der Waals surface area contributed by atoms with Gasteiger partial charge in [0.15, 0.2) is 0 Å². The highest BCUT2D eigenvalue weighted by molar-refractivity contribution is 7.18. The zero-order valence-corrected chi connectivity index (χ0v) is 9.96. The Morgan fingerprint density at radius 2 is 2.25 bits per heavy atom. The number of hydrogen-bond acceptors (Lipinski definition) is 3. The predicted molar refractivity (Wildman–Crippen MR) is 65.6 cm³/mol. The monoisotopic (exact) mass is 231 g/mol. The van der Waals surface area contributed by atoms with Crippen molar-refractivity contribution in [1.29, 1.82) is 0 Å². The predicted octanol–water partition coefficient (Wildman–Crippen LogP) is 3.06. The van der Waals surface area contributed by atoms with Gasteiger partial charge in [-0.3, -0.25) is 4.79 Å². The van der Waals surface area contributed by atoms with Crippen LogP contribution in [-0.2, 0) is 11.2 Å². The number of carbonyl (C=O) groups is 1. The Morgan fingerprint density at radius 1 is 1.50 bits per heavy atom. The summed E-state index contributed by atoms with van der Waals surface area (Å²) in [5.74, 6) is 1.28. The van der Waals surface area contributed by atoms with Gasteiger partial charge in [0, 0.05) is 5.92 Å². The number of rotatable bonds is 3. The second-order valence-corrected chi connectivity index (χ2v) is 5.65. The van der Waals surface area contributed by atoms with Gasteiger partial charge in [0.1, 0.15) is 10.8 Å². The summed E-state index contributed by atoms with van der Waals surface area (Å²) in [6.07, 6.45) is 1.60. The Morgan fingerprint density at radius 3 is 2.94 bits per heavy atom. The molecule has 2 nitrogen and oxygen atoms in total. The maximum Gasteiger partial charge on any atom is 0.143 e. The molecule has 1 aromatic heterocycles. The number of aromatic nitrogens is 1. The summed E-state index contributed by atoms with van der Waals surface area (Å²) in [4.78, 5) is 16.3. The topological polar surface area (TPSA) is 30.0 Å². The summed E-state index contributed by atoms with van der Waals surface area (Å²) in [5.41, 5.74) is 1.01. The van der Waals surface area contributed by atoms with Crippen molar-refractivity contribution < 1.29 is 4.79 Å². The Bertz CT molecular complexity index is 513. The molecule has 0 N–H and O–H groups in total. The van der Waals surface area contributed by atoms with E-state index in [-0.39, 0.29) is 0 Å². The molecule has 1 fully saturated rings. The number of thiazole rings is 1. The maximum absolute atomic E-state index is 11.8. The lowest BCUT2D eigenvalue weighted by atomic mass is 10.2. The smallest absolute Gasteiger partial charge is 0.143 e. The summed E-state index contributed by atoms with van der Waals surface area (Å²) in [7, 11) is 0. The van der Waals surface area contributed by atoms with Crippen LogP contribution in [0.4, 0.5) is 0 Å². The van der Waals surface area contributed by atoms with Crippen molar-refractivity contribution in [3.63, 3.8) is 0 Å². The van der Waals surface area contributed by atoms with E-state index in [1.165, 1.54) is 4.70 Å². The van der Waals surface area contributed by atoms with Crippen molar-refractivity contribution in [2.24, 2.45) is 11.8 Å². The first-order chi connectivity index (χ1) is 7.74. The molecule has 1 aliphatic rings. The Hall–Kier alpha value is -1.22. The first-order valence-electron chi connectivity index (χ1n) is 5.61. The van der Waals surface area contributed by atoms with Gasteiger partial charge in [0.05, 0.1) is 16.6 Å². The lowest BCUT2D eigenvalue weighted by Gasteiger charge is -1.93. The second kappa shape index (κ2) is 3.67. The molecule has 1 aliphatic carbocycles. The molecule has 0 bridgehead atoms. The molecule has 0 spiro atoms. The number of carbonyl (C=O) groups excluding carboxylic acids is 1. The summed E-state index contributed by atoms with van der Waals surface area (Å²) in [5, 5.41) is 0.963. The van der Waals surface area contributed by atoms with Crippen LogP contribution >= 0.6 is 11.3 Å². The fourth-order valence-electron chi connectivity index (χ4n) is 2.05. The van der Waals surface area contributed by atoms with Crippen LogP contribution in [0.5, 0.6) is 0 Å². The number of benzene rings is 1. The number of ketones is 1.